The molecule has 0 aromatic heterocycles. The summed E-state index contributed by atoms with van der Waals surface area (Å²) in [7, 11) is 4.00. The molecule has 1 rings (SSSR count). The van der Waals surface area contributed by atoms with Gasteiger partial charge in [-0.3, -0.25) is 11.3 Å². The molecule has 0 aliphatic heterocycles. The topological polar surface area (TPSA) is 41.3 Å². The number of likely N-dealkylation sites (N-methyl/N-ethyl adjacent to an activating group) is 1. The largest absolute Gasteiger partial charge is 0.303 e. The van der Waals surface area contributed by atoms with Crippen molar-refractivity contribution in [2.75, 3.05) is 14.1 Å². The van der Waals surface area contributed by atoms with E-state index in [1.807, 2.05) is 14.1 Å². The molecule has 0 radical (unpaired) electrons. The van der Waals surface area contributed by atoms with Gasteiger partial charge in [0.2, 0.25) is 0 Å². The normalized spacial score (nSPS) is 14.0. The summed E-state index contributed by atoms with van der Waals surface area (Å²) in [5.74, 6) is 5.23. The highest BCUT2D eigenvalue weighted by Gasteiger charge is 2.30. The molecule has 3 nitrogen and oxygen atoms in total. The van der Waals surface area contributed by atoms with Gasteiger partial charge in [-0.25, -0.2) is 4.39 Å². The van der Waals surface area contributed by atoms with E-state index in [9.17, 15) is 4.39 Å². The summed E-state index contributed by atoms with van der Waals surface area (Å²) in [6.07, 6.45) is 0.682. The molecule has 0 bridgehead atoms. The van der Waals surface area contributed by atoms with Crippen molar-refractivity contribution in [2.24, 2.45) is 5.84 Å². The summed E-state index contributed by atoms with van der Waals surface area (Å²) in [6, 6.07) is 4.80. The fourth-order valence-electron chi connectivity index (χ4n) is 1.73. The van der Waals surface area contributed by atoms with Gasteiger partial charge in [0.25, 0.3) is 0 Å². The minimum atomic E-state index is -0.399. The Kier molecular flexibility index (Phi) is 5.10. The van der Waals surface area contributed by atoms with Crippen LogP contribution in [0.2, 0.25) is 5.02 Å². The lowest BCUT2D eigenvalue weighted by molar-refractivity contribution is 0.137. The van der Waals surface area contributed by atoms with Gasteiger partial charge >= 0.3 is 0 Å². The number of hydrogen-bond donors (Lipinski definition) is 2. The summed E-state index contributed by atoms with van der Waals surface area (Å²) in [6.45, 7) is 4.20. The molecule has 5 heteroatoms. The lowest BCUT2D eigenvalue weighted by Crippen LogP contribution is -2.58. The van der Waals surface area contributed by atoms with E-state index in [4.69, 9.17) is 17.4 Å². The van der Waals surface area contributed by atoms with Crippen LogP contribution in [0.4, 0.5) is 4.39 Å². The van der Waals surface area contributed by atoms with Crippen molar-refractivity contribution in [2.45, 2.75) is 31.8 Å². The number of hydrogen-bond acceptors (Lipinski definition) is 3. The van der Waals surface area contributed by atoms with Crippen LogP contribution in [0, 0.1) is 5.82 Å². The number of rotatable bonds is 5. The standard InChI is InChI=1S/C13H21ClFN3/c1-13(2,18(3)4)12(17-16)8-9-5-6-11(15)10(14)7-9/h5-7,12,17H,8,16H2,1-4H3. The Morgan fingerprint density at radius 3 is 2.50 bits per heavy atom. The van der Waals surface area contributed by atoms with E-state index >= 15 is 0 Å². The molecule has 0 heterocycles. The molecule has 0 aliphatic carbocycles. The first-order valence-electron chi connectivity index (χ1n) is 5.86. The summed E-state index contributed by atoms with van der Waals surface area (Å²) in [4.78, 5) is 2.10. The third kappa shape index (κ3) is 3.42. The lowest BCUT2D eigenvalue weighted by Gasteiger charge is -2.40. The van der Waals surface area contributed by atoms with Crippen LogP contribution >= 0.6 is 11.6 Å². The zero-order valence-electron chi connectivity index (χ0n) is 11.3. The predicted octanol–water partition coefficient (Wildman–Crippen LogP) is 2.19. The van der Waals surface area contributed by atoms with E-state index in [1.165, 1.54) is 6.07 Å². The van der Waals surface area contributed by atoms with Crippen LogP contribution in [-0.2, 0) is 6.42 Å². The maximum Gasteiger partial charge on any atom is 0.141 e. The van der Waals surface area contributed by atoms with Gasteiger partial charge in [0.15, 0.2) is 0 Å². The molecule has 0 saturated carbocycles. The van der Waals surface area contributed by atoms with Crippen molar-refractivity contribution in [1.82, 2.24) is 10.3 Å². The monoisotopic (exact) mass is 273 g/mol. The highest BCUT2D eigenvalue weighted by molar-refractivity contribution is 6.30. The van der Waals surface area contributed by atoms with Gasteiger partial charge in [0.05, 0.1) is 5.02 Å². The van der Waals surface area contributed by atoms with Crippen molar-refractivity contribution in [3.63, 3.8) is 0 Å². The van der Waals surface area contributed by atoms with Crippen molar-refractivity contribution in [3.8, 4) is 0 Å². The van der Waals surface area contributed by atoms with Crippen molar-refractivity contribution >= 4 is 11.6 Å². The quantitative estimate of drug-likeness (QED) is 0.638. The first-order valence-corrected chi connectivity index (χ1v) is 6.24. The van der Waals surface area contributed by atoms with E-state index in [1.54, 1.807) is 12.1 Å². The van der Waals surface area contributed by atoms with E-state index in [0.717, 1.165) is 5.56 Å². The first-order chi connectivity index (χ1) is 8.28. The van der Waals surface area contributed by atoms with E-state index in [0.29, 0.717) is 6.42 Å². The van der Waals surface area contributed by atoms with Crippen molar-refractivity contribution in [3.05, 3.63) is 34.6 Å². The van der Waals surface area contributed by atoms with Gasteiger partial charge in [-0.05, 0) is 52.1 Å². The maximum absolute atomic E-state index is 13.1. The third-order valence-electron chi connectivity index (χ3n) is 3.63. The summed E-state index contributed by atoms with van der Waals surface area (Å²) < 4.78 is 13.1. The highest BCUT2D eigenvalue weighted by atomic mass is 35.5. The number of hydrazine groups is 1. The third-order valence-corrected chi connectivity index (χ3v) is 3.92. The summed E-state index contributed by atoms with van der Waals surface area (Å²) in [5, 5.41) is 0.144. The van der Waals surface area contributed by atoms with Crippen LogP contribution in [0.1, 0.15) is 19.4 Å². The molecule has 1 unspecified atom stereocenters. The molecule has 0 aliphatic rings. The van der Waals surface area contributed by atoms with Crippen LogP contribution in [0.15, 0.2) is 18.2 Å². The molecule has 102 valence electrons. The molecule has 0 amide bonds. The molecule has 0 spiro atoms. The van der Waals surface area contributed by atoms with Gasteiger partial charge in [-0.15, -0.1) is 0 Å². The zero-order valence-corrected chi connectivity index (χ0v) is 12.1. The average molecular weight is 274 g/mol. The van der Waals surface area contributed by atoms with Gasteiger partial charge < -0.3 is 4.90 Å². The minimum Gasteiger partial charge on any atom is -0.303 e. The molecular formula is C13H21ClFN3. The van der Waals surface area contributed by atoms with Crippen LogP contribution < -0.4 is 11.3 Å². The number of nitrogens with two attached hydrogens (primary N) is 1. The average Bonchev–Trinajstić information content (AvgIpc) is 2.30. The fraction of sp³-hybridized carbons (Fsp3) is 0.538. The van der Waals surface area contributed by atoms with E-state index in [-0.39, 0.29) is 16.6 Å². The second kappa shape index (κ2) is 5.97. The molecule has 1 aromatic carbocycles. The van der Waals surface area contributed by atoms with E-state index in [2.05, 4.69) is 24.2 Å². The molecule has 18 heavy (non-hydrogen) atoms. The summed E-state index contributed by atoms with van der Waals surface area (Å²) in [5.41, 5.74) is 3.66. The highest BCUT2D eigenvalue weighted by Crippen LogP contribution is 2.22. The van der Waals surface area contributed by atoms with Gasteiger partial charge in [-0.2, -0.15) is 0 Å². The molecule has 0 saturated heterocycles. The molecular weight excluding hydrogens is 253 g/mol. The Hall–Kier alpha value is -0.680. The van der Waals surface area contributed by atoms with Crippen LogP contribution in [-0.4, -0.2) is 30.6 Å². The predicted molar refractivity (Wildman–Crippen MR) is 74.0 cm³/mol. The van der Waals surface area contributed by atoms with Gasteiger partial charge in [0.1, 0.15) is 5.82 Å². The van der Waals surface area contributed by atoms with Crippen LogP contribution in [0.5, 0.6) is 0 Å². The molecule has 1 atom stereocenters. The minimum absolute atomic E-state index is 0.0361. The fourth-order valence-corrected chi connectivity index (χ4v) is 1.93. The Morgan fingerprint density at radius 1 is 1.44 bits per heavy atom. The van der Waals surface area contributed by atoms with Crippen LogP contribution in [0.25, 0.3) is 0 Å². The molecule has 0 fully saturated rings. The van der Waals surface area contributed by atoms with Crippen molar-refractivity contribution < 1.29 is 4.39 Å². The molecule has 3 N–H and O–H groups in total. The maximum atomic E-state index is 13.1. The Bertz CT molecular complexity index is 407. The zero-order chi connectivity index (χ0) is 13.9. The van der Waals surface area contributed by atoms with Crippen molar-refractivity contribution in [1.29, 1.82) is 0 Å². The summed E-state index contributed by atoms with van der Waals surface area (Å²) >= 11 is 5.78. The van der Waals surface area contributed by atoms with Gasteiger partial charge in [-0.1, -0.05) is 17.7 Å². The second-order valence-corrected chi connectivity index (χ2v) is 5.63. The van der Waals surface area contributed by atoms with Crippen LogP contribution in [0.3, 0.4) is 0 Å². The SMILES string of the molecule is CN(C)C(C)(C)C(Cc1ccc(F)c(Cl)c1)NN. The van der Waals surface area contributed by atoms with E-state index < -0.39 is 5.82 Å². The Labute approximate surface area is 113 Å². The second-order valence-electron chi connectivity index (χ2n) is 5.22. The number of nitrogens with zero attached hydrogens (tertiary/aromatic N) is 1. The molecule has 1 aromatic rings. The lowest BCUT2D eigenvalue weighted by atomic mass is 9.88. The smallest absolute Gasteiger partial charge is 0.141 e. The first kappa shape index (κ1) is 15.4. The Morgan fingerprint density at radius 2 is 2.06 bits per heavy atom. The number of nitrogens with one attached hydrogen (secondary N) is 1. The Balaban J connectivity index is 2.89. The van der Waals surface area contributed by atoms with Gasteiger partial charge in [0, 0.05) is 11.6 Å². The number of halogens is 2. The number of benzene rings is 1.